The summed E-state index contributed by atoms with van der Waals surface area (Å²) in [5, 5.41) is 4.19. The number of hydrogen-bond acceptors (Lipinski definition) is 6. The zero-order chi connectivity index (χ0) is 21.5. The van der Waals surface area contributed by atoms with E-state index < -0.39 is 23.9 Å². The summed E-state index contributed by atoms with van der Waals surface area (Å²) in [7, 11) is 0. The predicted molar refractivity (Wildman–Crippen MR) is 96.6 cm³/mol. The third kappa shape index (κ3) is 3.65. The van der Waals surface area contributed by atoms with Crippen LogP contribution in [0.4, 0.5) is 18.0 Å². The van der Waals surface area contributed by atoms with Gasteiger partial charge in [0.25, 0.3) is 11.7 Å². The highest BCUT2D eigenvalue weighted by Gasteiger charge is 2.48. The van der Waals surface area contributed by atoms with E-state index in [2.05, 4.69) is 19.8 Å². The van der Waals surface area contributed by atoms with Crippen molar-refractivity contribution in [1.29, 1.82) is 0 Å². The Morgan fingerprint density at radius 3 is 2.60 bits per heavy atom. The highest BCUT2D eigenvalue weighted by atomic mass is 19.4. The second-order valence-corrected chi connectivity index (χ2v) is 7.64. The lowest BCUT2D eigenvalue weighted by Crippen LogP contribution is -2.55. The molecule has 30 heavy (non-hydrogen) atoms. The highest BCUT2D eigenvalue weighted by molar-refractivity contribution is 5.91. The third-order valence-corrected chi connectivity index (χ3v) is 5.84. The monoisotopic (exact) mass is 426 g/mol. The molecule has 2 aliphatic rings. The second kappa shape index (κ2) is 7.40. The fraction of sp³-hybridized carbons (Fsp3) is 0.611. The summed E-state index contributed by atoms with van der Waals surface area (Å²) in [6, 6.07) is 1.68. The number of fused-ring (bicyclic) bond motifs is 1. The summed E-state index contributed by atoms with van der Waals surface area (Å²) >= 11 is 0. The number of carbonyl (C=O) groups excluding carboxylic acids is 2. The van der Waals surface area contributed by atoms with Gasteiger partial charge in [0, 0.05) is 37.6 Å². The van der Waals surface area contributed by atoms with E-state index in [1.54, 1.807) is 23.4 Å². The molecule has 0 N–H and O–H groups in total. The Labute approximate surface area is 169 Å². The van der Waals surface area contributed by atoms with Crippen LogP contribution in [0, 0.1) is 0 Å². The maximum Gasteiger partial charge on any atom is 0.425 e. The summed E-state index contributed by atoms with van der Waals surface area (Å²) in [6.07, 6.45) is -2.07. The first-order valence-corrected chi connectivity index (χ1v) is 9.71. The van der Waals surface area contributed by atoms with Crippen LogP contribution >= 0.6 is 0 Å². The lowest BCUT2D eigenvalue weighted by molar-refractivity contribution is -0.200. The van der Waals surface area contributed by atoms with E-state index in [1.165, 1.54) is 9.42 Å². The maximum absolute atomic E-state index is 13.1. The standard InChI is InChI=1S/C18H21F3N6O3/c1-12(18(19,20)21)30-16(29)25-10-5-17(6-11-25)4-2-8-26(17)14(28)13-23-15-22-7-3-9-27(15)24-13/h3,7,9,12H,2,4-6,8,10-11H2,1H3. The molecule has 0 radical (unpaired) electrons. The molecule has 162 valence electrons. The van der Waals surface area contributed by atoms with Crippen molar-refractivity contribution in [3.05, 3.63) is 24.3 Å². The molecular formula is C18H21F3N6O3. The van der Waals surface area contributed by atoms with Gasteiger partial charge in [-0.25, -0.2) is 14.3 Å². The van der Waals surface area contributed by atoms with Crippen molar-refractivity contribution in [2.75, 3.05) is 19.6 Å². The third-order valence-electron chi connectivity index (χ3n) is 5.84. The number of piperidine rings is 1. The highest BCUT2D eigenvalue weighted by Crippen LogP contribution is 2.39. The molecule has 0 saturated carbocycles. The predicted octanol–water partition coefficient (Wildman–Crippen LogP) is 2.28. The van der Waals surface area contributed by atoms with Gasteiger partial charge in [-0.3, -0.25) is 4.79 Å². The maximum atomic E-state index is 13.1. The number of ether oxygens (including phenoxy) is 1. The zero-order valence-electron chi connectivity index (χ0n) is 16.3. The Hall–Kier alpha value is -2.92. The van der Waals surface area contributed by atoms with E-state index in [0.29, 0.717) is 25.2 Å². The molecule has 2 saturated heterocycles. The van der Waals surface area contributed by atoms with Crippen molar-refractivity contribution in [3.63, 3.8) is 0 Å². The van der Waals surface area contributed by atoms with Crippen LogP contribution < -0.4 is 0 Å². The minimum absolute atomic E-state index is 0.0517. The van der Waals surface area contributed by atoms with Crippen molar-refractivity contribution in [1.82, 2.24) is 29.4 Å². The van der Waals surface area contributed by atoms with E-state index in [9.17, 15) is 22.8 Å². The average molecular weight is 426 g/mol. The number of nitrogens with zero attached hydrogens (tertiary/aromatic N) is 6. The molecular weight excluding hydrogens is 405 g/mol. The number of alkyl halides is 3. The first-order chi connectivity index (χ1) is 14.2. The zero-order valence-corrected chi connectivity index (χ0v) is 16.3. The van der Waals surface area contributed by atoms with Crippen molar-refractivity contribution in [2.24, 2.45) is 0 Å². The Morgan fingerprint density at radius 2 is 1.93 bits per heavy atom. The van der Waals surface area contributed by atoms with Gasteiger partial charge >= 0.3 is 12.3 Å². The van der Waals surface area contributed by atoms with Crippen LogP contribution in [0.15, 0.2) is 18.5 Å². The van der Waals surface area contributed by atoms with Crippen LogP contribution in [0.5, 0.6) is 0 Å². The molecule has 2 fully saturated rings. The van der Waals surface area contributed by atoms with Crippen molar-refractivity contribution >= 4 is 17.8 Å². The number of likely N-dealkylation sites (tertiary alicyclic amines) is 2. The topological polar surface area (TPSA) is 92.9 Å². The van der Waals surface area contributed by atoms with E-state index >= 15 is 0 Å². The summed E-state index contributed by atoms with van der Waals surface area (Å²) in [6.45, 7) is 1.77. The average Bonchev–Trinajstić information content (AvgIpc) is 3.31. The lowest BCUT2D eigenvalue weighted by Gasteiger charge is -2.44. The Bertz CT molecular complexity index is 921. The molecule has 2 amide bonds. The Kier molecular flexibility index (Phi) is 5.02. The quantitative estimate of drug-likeness (QED) is 0.732. The van der Waals surface area contributed by atoms with Gasteiger partial charge in [-0.2, -0.15) is 18.2 Å². The normalized spacial score (nSPS) is 20.0. The van der Waals surface area contributed by atoms with Gasteiger partial charge in [0.2, 0.25) is 5.82 Å². The number of amides is 2. The van der Waals surface area contributed by atoms with Crippen molar-refractivity contribution < 1.29 is 27.5 Å². The van der Waals surface area contributed by atoms with Gasteiger partial charge in [-0.15, -0.1) is 5.10 Å². The minimum atomic E-state index is -4.60. The van der Waals surface area contributed by atoms with Crippen molar-refractivity contribution in [3.8, 4) is 0 Å². The molecule has 0 aromatic carbocycles. The number of rotatable bonds is 2. The van der Waals surface area contributed by atoms with Gasteiger partial charge in [-0.05, 0) is 38.7 Å². The van der Waals surface area contributed by atoms with E-state index in [1.807, 2.05) is 0 Å². The van der Waals surface area contributed by atoms with E-state index in [4.69, 9.17) is 0 Å². The van der Waals surface area contributed by atoms with Crippen LogP contribution in [-0.4, -0.2) is 78.8 Å². The largest absolute Gasteiger partial charge is 0.437 e. The number of halogens is 3. The first-order valence-electron chi connectivity index (χ1n) is 9.71. The SMILES string of the molecule is CC(OC(=O)N1CCC2(CCCN2C(=O)c2nc3ncccn3n2)CC1)C(F)(F)F. The second-order valence-electron chi connectivity index (χ2n) is 7.64. The molecule has 0 aliphatic carbocycles. The van der Waals surface area contributed by atoms with Gasteiger partial charge in [0.1, 0.15) is 0 Å². The van der Waals surface area contributed by atoms with Gasteiger partial charge < -0.3 is 14.5 Å². The van der Waals surface area contributed by atoms with Gasteiger partial charge in [0.05, 0.1) is 0 Å². The molecule has 1 atom stereocenters. The molecule has 1 unspecified atom stereocenters. The fourth-order valence-corrected chi connectivity index (χ4v) is 4.12. The molecule has 2 aromatic heterocycles. The van der Waals surface area contributed by atoms with Crippen LogP contribution in [0.25, 0.3) is 5.78 Å². The molecule has 4 heterocycles. The summed E-state index contributed by atoms with van der Waals surface area (Å²) in [5.74, 6) is 0.0704. The summed E-state index contributed by atoms with van der Waals surface area (Å²) in [4.78, 5) is 36.4. The molecule has 0 bridgehead atoms. The Morgan fingerprint density at radius 1 is 1.20 bits per heavy atom. The number of aromatic nitrogens is 4. The fourth-order valence-electron chi connectivity index (χ4n) is 4.12. The molecule has 1 spiro atoms. The first kappa shape index (κ1) is 20.4. The van der Waals surface area contributed by atoms with Crippen LogP contribution in [0.2, 0.25) is 0 Å². The molecule has 12 heteroatoms. The van der Waals surface area contributed by atoms with E-state index in [0.717, 1.165) is 19.8 Å². The van der Waals surface area contributed by atoms with Gasteiger partial charge in [-0.1, -0.05) is 0 Å². The lowest BCUT2D eigenvalue weighted by atomic mass is 9.85. The summed E-state index contributed by atoms with van der Waals surface area (Å²) in [5.41, 5.74) is -0.464. The molecule has 2 aliphatic heterocycles. The number of hydrogen-bond donors (Lipinski definition) is 0. The smallest absolute Gasteiger partial charge is 0.425 e. The minimum Gasteiger partial charge on any atom is -0.437 e. The van der Waals surface area contributed by atoms with E-state index in [-0.39, 0.29) is 24.8 Å². The van der Waals surface area contributed by atoms with Crippen LogP contribution in [0.1, 0.15) is 43.2 Å². The van der Waals surface area contributed by atoms with Crippen molar-refractivity contribution in [2.45, 2.75) is 50.4 Å². The summed E-state index contributed by atoms with van der Waals surface area (Å²) < 4.78 is 43.9. The molecule has 4 rings (SSSR count). The van der Waals surface area contributed by atoms with Crippen LogP contribution in [-0.2, 0) is 4.74 Å². The molecule has 9 nitrogen and oxygen atoms in total. The molecule has 2 aromatic rings. The number of carbonyl (C=O) groups is 2. The van der Waals surface area contributed by atoms with Crippen LogP contribution in [0.3, 0.4) is 0 Å². The Balaban J connectivity index is 1.43. The van der Waals surface area contributed by atoms with Gasteiger partial charge in [0.15, 0.2) is 6.10 Å².